The van der Waals surface area contributed by atoms with Crippen LogP contribution in [0.3, 0.4) is 0 Å². The van der Waals surface area contributed by atoms with Crippen molar-refractivity contribution in [1.29, 1.82) is 0 Å². The van der Waals surface area contributed by atoms with Crippen molar-refractivity contribution in [2.24, 2.45) is 0 Å². The summed E-state index contributed by atoms with van der Waals surface area (Å²) in [7, 11) is 0. The number of nitrogen functional groups attached to an aromatic ring is 1. The van der Waals surface area contributed by atoms with Gasteiger partial charge in [-0.25, -0.2) is 9.97 Å². The van der Waals surface area contributed by atoms with E-state index in [2.05, 4.69) is 15.0 Å². The maximum absolute atomic E-state index is 13.0. The standard InChI is InChI=1S/C14H10ClF3N4OS/c1-6(24-13-21-11(15)3-12(19)22-13)9-2-7-8(14(16,17)18)5-23-10(7)4-20-9/h2-6H,1H3,(H2,19,21,22). The molecule has 0 aliphatic carbocycles. The lowest BCUT2D eigenvalue weighted by Gasteiger charge is -2.10. The molecule has 0 amide bonds. The second-order valence-corrected chi connectivity index (χ2v) is 6.61. The fourth-order valence-corrected chi connectivity index (χ4v) is 3.19. The number of hydrogen-bond acceptors (Lipinski definition) is 6. The number of hydrogen-bond donors (Lipinski definition) is 1. The molecule has 0 aromatic carbocycles. The summed E-state index contributed by atoms with van der Waals surface area (Å²) in [5.74, 6) is 0.210. The number of alkyl halides is 3. The third-order valence-corrected chi connectivity index (χ3v) is 4.36. The highest BCUT2D eigenvalue weighted by atomic mass is 35.5. The fourth-order valence-electron chi connectivity index (χ4n) is 2.08. The van der Waals surface area contributed by atoms with E-state index in [1.54, 1.807) is 6.92 Å². The first-order valence-corrected chi connectivity index (χ1v) is 7.91. The van der Waals surface area contributed by atoms with Crippen LogP contribution in [0.1, 0.15) is 23.4 Å². The molecule has 0 aliphatic heterocycles. The van der Waals surface area contributed by atoms with E-state index in [-0.39, 0.29) is 27.2 Å². The number of halogens is 4. The Balaban J connectivity index is 1.93. The highest BCUT2D eigenvalue weighted by molar-refractivity contribution is 7.99. The van der Waals surface area contributed by atoms with Crippen LogP contribution < -0.4 is 5.73 Å². The average molecular weight is 375 g/mol. The van der Waals surface area contributed by atoms with Crippen LogP contribution in [0.4, 0.5) is 19.0 Å². The van der Waals surface area contributed by atoms with Gasteiger partial charge in [0.1, 0.15) is 22.8 Å². The van der Waals surface area contributed by atoms with Crippen molar-refractivity contribution in [3.8, 4) is 0 Å². The number of pyridine rings is 1. The van der Waals surface area contributed by atoms with Gasteiger partial charge in [-0.1, -0.05) is 23.4 Å². The topological polar surface area (TPSA) is 77.8 Å². The van der Waals surface area contributed by atoms with Crippen molar-refractivity contribution in [3.05, 3.63) is 41.0 Å². The smallest absolute Gasteiger partial charge is 0.420 e. The van der Waals surface area contributed by atoms with Crippen molar-refractivity contribution < 1.29 is 17.6 Å². The van der Waals surface area contributed by atoms with Gasteiger partial charge in [0.25, 0.3) is 0 Å². The van der Waals surface area contributed by atoms with Crippen LogP contribution in [0, 0.1) is 0 Å². The summed E-state index contributed by atoms with van der Waals surface area (Å²) in [5, 5.41) is 0.155. The molecule has 0 radical (unpaired) electrons. The van der Waals surface area contributed by atoms with E-state index in [1.807, 2.05) is 0 Å². The average Bonchev–Trinajstić information content (AvgIpc) is 2.88. The zero-order chi connectivity index (χ0) is 17.5. The normalized spacial score (nSPS) is 13.4. The highest BCUT2D eigenvalue weighted by Gasteiger charge is 2.35. The number of nitrogens with two attached hydrogens (primary N) is 1. The van der Waals surface area contributed by atoms with Gasteiger partial charge in [0.2, 0.25) is 0 Å². The van der Waals surface area contributed by atoms with Crippen LogP contribution in [0.15, 0.2) is 34.2 Å². The zero-order valence-corrected chi connectivity index (χ0v) is 13.7. The molecule has 3 heterocycles. The monoisotopic (exact) mass is 374 g/mol. The van der Waals surface area contributed by atoms with Gasteiger partial charge in [0.15, 0.2) is 10.7 Å². The van der Waals surface area contributed by atoms with Crippen LogP contribution in [0.2, 0.25) is 5.15 Å². The van der Waals surface area contributed by atoms with Gasteiger partial charge >= 0.3 is 6.18 Å². The van der Waals surface area contributed by atoms with Crippen molar-refractivity contribution in [1.82, 2.24) is 15.0 Å². The summed E-state index contributed by atoms with van der Waals surface area (Å²) < 4.78 is 43.9. The van der Waals surface area contributed by atoms with Crippen LogP contribution in [0.5, 0.6) is 0 Å². The summed E-state index contributed by atoms with van der Waals surface area (Å²) in [6, 6.07) is 2.76. The van der Waals surface area contributed by atoms with Gasteiger partial charge in [-0.3, -0.25) is 4.98 Å². The molecule has 0 spiro atoms. The zero-order valence-electron chi connectivity index (χ0n) is 12.1. The Kier molecular flexibility index (Phi) is 4.31. The van der Waals surface area contributed by atoms with Crippen molar-refractivity contribution in [3.63, 3.8) is 0 Å². The second kappa shape index (κ2) is 6.14. The maximum Gasteiger partial charge on any atom is 0.420 e. The summed E-state index contributed by atoms with van der Waals surface area (Å²) >= 11 is 7.01. The molecule has 0 saturated carbocycles. The second-order valence-electron chi connectivity index (χ2n) is 4.91. The van der Waals surface area contributed by atoms with Gasteiger partial charge in [0.05, 0.1) is 17.1 Å². The first-order valence-electron chi connectivity index (χ1n) is 6.65. The summed E-state index contributed by atoms with van der Waals surface area (Å²) in [4.78, 5) is 12.2. The molecule has 5 nitrogen and oxygen atoms in total. The first-order chi connectivity index (χ1) is 11.2. The van der Waals surface area contributed by atoms with Gasteiger partial charge < -0.3 is 10.2 Å². The number of fused-ring (bicyclic) bond motifs is 1. The minimum Gasteiger partial charge on any atom is -0.462 e. The van der Waals surface area contributed by atoms with Gasteiger partial charge in [-0.2, -0.15) is 13.2 Å². The lowest BCUT2D eigenvalue weighted by molar-refractivity contribution is -0.136. The molecule has 0 fully saturated rings. The molecule has 0 aliphatic rings. The number of rotatable bonds is 3. The minimum absolute atomic E-state index is 0.0357. The molecule has 0 bridgehead atoms. The third-order valence-electron chi connectivity index (χ3n) is 3.18. The van der Waals surface area contributed by atoms with Gasteiger partial charge in [-0.15, -0.1) is 0 Å². The molecule has 3 aromatic heterocycles. The highest BCUT2D eigenvalue weighted by Crippen LogP contribution is 2.38. The number of thioether (sulfide) groups is 1. The van der Waals surface area contributed by atoms with E-state index in [1.165, 1.54) is 30.1 Å². The van der Waals surface area contributed by atoms with Crippen molar-refractivity contribution in [2.75, 3.05) is 5.73 Å². The van der Waals surface area contributed by atoms with Crippen molar-refractivity contribution in [2.45, 2.75) is 23.5 Å². The molecule has 3 rings (SSSR count). The fraction of sp³-hybridized carbons (Fsp3) is 0.214. The van der Waals surface area contributed by atoms with E-state index >= 15 is 0 Å². The molecular formula is C14H10ClF3N4OS. The number of nitrogens with zero attached hydrogens (tertiary/aromatic N) is 3. The van der Waals surface area contributed by atoms with Gasteiger partial charge in [0, 0.05) is 11.5 Å². The molecule has 24 heavy (non-hydrogen) atoms. The molecule has 0 saturated heterocycles. The lowest BCUT2D eigenvalue weighted by Crippen LogP contribution is -2.04. The Labute approximate surface area is 143 Å². The molecule has 1 unspecified atom stereocenters. The number of anilines is 1. The first kappa shape index (κ1) is 16.8. The summed E-state index contributed by atoms with van der Waals surface area (Å²) in [6.45, 7) is 1.77. The predicted molar refractivity (Wildman–Crippen MR) is 84.7 cm³/mol. The maximum atomic E-state index is 13.0. The number of aromatic nitrogens is 3. The molecule has 2 N–H and O–H groups in total. The SMILES string of the molecule is CC(Sc1nc(N)cc(Cl)n1)c1cc2c(C(F)(F)F)coc2cn1. The molecule has 1 atom stereocenters. The lowest BCUT2D eigenvalue weighted by atomic mass is 10.1. The Bertz CT molecular complexity index is 879. The van der Waals surface area contributed by atoms with Crippen LogP contribution in [0.25, 0.3) is 11.0 Å². The minimum atomic E-state index is -4.50. The van der Waals surface area contributed by atoms with E-state index < -0.39 is 11.7 Å². The van der Waals surface area contributed by atoms with Crippen LogP contribution in [-0.2, 0) is 6.18 Å². The van der Waals surface area contributed by atoms with E-state index in [0.717, 1.165) is 0 Å². The molecular weight excluding hydrogens is 365 g/mol. The molecule has 126 valence electrons. The quantitative estimate of drug-likeness (QED) is 0.406. The Hall–Kier alpha value is -2.00. The Morgan fingerprint density at radius 2 is 2.04 bits per heavy atom. The third kappa shape index (κ3) is 3.41. The number of furan rings is 1. The van der Waals surface area contributed by atoms with Crippen LogP contribution >= 0.6 is 23.4 Å². The van der Waals surface area contributed by atoms with E-state index in [0.29, 0.717) is 17.1 Å². The summed E-state index contributed by atoms with van der Waals surface area (Å²) in [5.41, 5.74) is 5.28. The predicted octanol–water partition coefficient (Wildman–Crippen LogP) is 4.73. The van der Waals surface area contributed by atoms with E-state index in [4.69, 9.17) is 21.8 Å². The summed E-state index contributed by atoms with van der Waals surface area (Å²) in [6.07, 6.45) is -2.54. The Morgan fingerprint density at radius 3 is 2.71 bits per heavy atom. The van der Waals surface area contributed by atoms with Crippen molar-refractivity contribution >= 4 is 40.1 Å². The van der Waals surface area contributed by atoms with E-state index in [9.17, 15) is 13.2 Å². The van der Waals surface area contributed by atoms with Crippen LogP contribution in [-0.4, -0.2) is 15.0 Å². The molecule has 3 aromatic rings. The largest absolute Gasteiger partial charge is 0.462 e. The molecule has 10 heteroatoms. The Morgan fingerprint density at radius 1 is 1.29 bits per heavy atom. The van der Waals surface area contributed by atoms with Gasteiger partial charge in [-0.05, 0) is 13.0 Å².